The van der Waals surface area contributed by atoms with Gasteiger partial charge in [-0.25, -0.2) is 4.39 Å². The van der Waals surface area contributed by atoms with Crippen molar-refractivity contribution in [2.45, 2.75) is 33.6 Å². The summed E-state index contributed by atoms with van der Waals surface area (Å²) < 4.78 is 25.4. The lowest BCUT2D eigenvalue weighted by Crippen LogP contribution is -2.08. The molecule has 7 heteroatoms. The Labute approximate surface area is 152 Å². The normalized spacial score (nSPS) is 10.1. The third kappa shape index (κ3) is 7.88. The van der Waals surface area contributed by atoms with Crippen molar-refractivity contribution in [1.29, 1.82) is 0 Å². The van der Waals surface area contributed by atoms with Crippen LogP contribution in [0.5, 0.6) is 11.5 Å². The fourth-order valence-electron chi connectivity index (χ4n) is 1.88. The number of benzene rings is 1. The maximum absolute atomic E-state index is 14.3. The van der Waals surface area contributed by atoms with Crippen molar-refractivity contribution in [1.82, 2.24) is 0 Å². The molecule has 0 bridgehead atoms. The number of aryl methyl sites for hydroxylation is 1. The molecule has 24 heavy (non-hydrogen) atoms. The minimum absolute atomic E-state index is 0.106. The van der Waals surface area contributed by atoms with Crippen molar-refractivity contribution >= 4 is 28.9 Å². The van der Waals surface area contributed by atoms with Crippen molar-refractivity contribution in [2.24, 2.45) is 5.16 Å². The highest BCUT2D eigenvalue weighted by Crippen LogP contribution is 2.29. The fourth-order valence-corrected chi connectivity index (χ4v) is 2.01. The molecule has 0 saturated heterocycles. The molecule has 0 saturated carbocycles. The van der Waals surface area contributed by atoms with Crippen LogP contribution < -0.4 is 9.47 Å². The number of hydrogen-bond acceptors (Lipinski definition) is 4. The van der Waals surface area contributed by atoms with Gasteiger partial charge in [0.05, 0.1) is 5.71 Å². The molecule has 0 aliphatic carbocycles. The molecule has 4 nitrogen and oxygen atoms in total. The summed E-state index contributed by atoms with van der Waals surface area (Å²) in [5.74, 6) is 0.139. The summed E-state index contributed by atoms with van der Waals surface area (Å²) in [4.78, 5) is 5.04. The van der Waals surface area contributed by atoms with Gasteiger partial charge in [0.1, 0.15) is 23.5 Å². The quantitative estimate of drug-likeness (QED) is 0.316. The smallest absolute Gasteiger partial charge is 0.169 e. The number of halogens is 3. The molecule has 1 aromatic carbocycles. The van der Waals surface area contributed by atoms with Gasteiger partial charge in [0.25, 0.3) is 0 Å². The van der Waals surface area contributed by atoms with Gasteiger partial charge in [0.15, 0.2) is 18.2 Å². The van der Waals surface area contributed by atoms with Crippen molar-refractivity contribution < 1.29 is 18.7 Å². The van der Waals surface area contributed by atoms with Gasteiger partial charge in [0.2, 0.25) is 0 Å². The predicted octanol–water partition coefficient (Wildman–Crippen LogP) is 5.27. The highest BCUT2D eigenvalue weighted by atomic mass is 35.5. The Morgan fingerprint density at radius 2 is 1.96 bits per heavy atom. The van der Waals surface area contributed by atoms with Gasteiger partial charge in [-0.05, 0) is 32.4 Å². The van der Waals surface area contributed by atoms with E-state index in [1.807, 2.05) is 20.8 Å². The van der Waals surface area contributed by atoms with E-state index in [1.54, 1.807) is 6.07 Å². The summed E-state index contributed by atoms with van der Waals surface area (Å²) >= 11 is 11.0. The average Bonchev–Trinajstić information content (AvgIpc) is 2.48. The van der Waals surface area contributed by atoms with Gasteiger partial charge in [-0.15, -0.1) is 0 Å². The van der Waals surface area contributed by atoms with Gasteiger partial charge in [-0.1, -0.05) is 41.7 Å². The number of nitrogens with zero attached hydrogens (tertiary/aromatic N) is 1. The molecule has 0 aliphatic heterocycles. The minimum Gasteiger partial charge on any atom is -0.489 e. The fraction of sp³-hybridized carbons (Fsp3) is 0.471. The maximum Gasteiger partial charge on any atom is 0.169 e. The van der Waals surface area contributed by atoms with Gasteiger partial charge in [-0.3, -0.25) is 0 Å². The summed E-state index contributed by atoms with van der Waals surface area (Å²) in [5, 5.41) is 3.79. The van der Waals surface area contributed by atoms with Gasteiger partial charge in [-0.2, -0.15) is 0 Å². The zero-order valence-corrected chi connectivity index (χ0v) is 15.6. The molecule has 1 rings (SSSR count). The molecule has 0 N–H and O–H groups in total. The van der Waals surface area contributed by atoms with Gasteiger partial charge >= 0.3 is 0 Å². The summed E-state index contributed by atoms with van der Waals surface area (Å²) in [6.07, 6.45) is 3.00. The minimum atomic E-state index is -0.480. The van der Waals surface area contributed by atoms with Crippen LogP contribution in [0.25, 0.3) is 0 Å². The number of ether oxygens (including phenoxy) is 2. The van der Waals surface area contributed by atoms with Crippen LogP contribution in [0.2, 0.25) is 0 Å². The van der Waals surface area contributed by atoms with Crippen LogP contribution in [0.3, 0.4) is 0 Å². The molecule has 0 aliphatic rings. The van der Waals surface area contributed by atoms with Crippen LogP contribution in [0, 0.1) is 5.82 Å². The topological polar surface area (TPSA) is 40.0 Å². The van der Waals surface area contributed by atoms with Crippen LogP contribution >= 0.6 is 23.2 Å². The molecule has 0 spiro atoms. The van der Waals surface area contributed by atoms with Crippen molar-refractivity contribution in [3.63, 3.8) is 0 Å². The molecule has 0 unspecified atom stereocenters. The highest BCUT2D eigenvalue weighted by Gasteiger charge is 2.13. The van der Waals surface area contributed by atoms with Crippen LogP contribution in [0.1, 0.15) is 32.8 Å². The molecule has 0 amide bonds. The molecule has 1 aromatic rings. The lowest BCUT2D eigenvalue weighted by molar-refractivity contribution is 0.105. The Morgan fingerprint density at radius 1 is 1.21 bits per heavy atom. The molecule has 0 fully saturated rings. The second-order valence-corrected chi connectivity index (χ2v) is 6.18. The van der Waals surface area contributed by atoms with E-state index in [0.717, 1.165) is 17.7 Å². The lowest BCUT2D eigenvalue weighted by atomic mass is 10.1. The van der Waals surface area contributed by atoms with E-state index in [1.165, 1.54) is 12.1 Å². The Hall–Kier alpha value is -1.46. The summed E-state index contributed by atoms with van der Waals surface area (Å²) in [6, 6.07) is 3.03. The third-order valence-corrected chi connectivity index (χ3v) is 3.08. The largest absolute Gasteiger partial charge is 0.489 e. The molecular formula is C17H22Cl2FNO3. The number of rotatable bonds is 10. The zero-order valence-electron chi connectivity index (χ0n) is 14.1. The molecular weight excluding hydrogens is 356 g/mol. The molecule has 0 atom stereocenters. The SMILES string of the molecule is CCCc1cc(OCC=C(Cl)Cl)cc(F)c1OCCON=C(C)C. The van der Waals surface area contributed by atoms with Gasteiger partial charge in [0, 0.05) is 11.6 Å². The van der Waals surface area contributed by atoms with E-state index >= 15 is 0 Å². The van der Waals surface area contributed by atoms with Crippen molar-refractivity contribution in [3.8, 4) is 11.5 Å². The van der Waals surface area contributed by atoms with Crippen LogP contribution in [-0.4, -0.2) is 25.5 Å². The monoisotopic (exact) mass is 377 g/mol. The van der Waals surface area contributed by atoms with E-state index in [2.05, 4.69) is 5.16 Å². The predicted molar refractivity (Wildman–Crippen MR) is 95.9 cm³/mol. The Bertz CT molecular complexity index is 583. The second-order valence-electron chi connectivity index (χ2n) is 5.17. The highest BCUT2D eigenvalue weighted by molar-refractivity contribution is 6.55. The Balaban J connectivity index is 2.75. The van der Waals surface area contributed by atoms with E-state index in [9.17, 15) is 4.39 Å². The average molecular weight is 378 g/mol. The Morgan fingerprint density at radius 3 is 2.58 bits per heavy atom. The number of oxime groups is 1. The third-order valence-electron chi connectivity index (χ3n) is 2.77. The van der Waals surface area contributed by atoms with E-state index < -0.39 is 5.82 Å². The van der Waals surface area contributed by atoms with Crippen LogP contribution in [0.4, 0.5) is 4.39 Å². The van der Waals surface area contributed by atoms with Gasteiger partial charge < -0.3 is 14.3 Å². The zero-order chi connectivity index (χ0) is 17.9. The first-order chi connectivity index (χ1) is 11.4. The van der Waals surface area contributed by atoms with Crippen molar-refractivity contribution in [2.75, 3.05) is 19.8 Å². The molecule has 0 aromatic heterocycles. The first-order valence-electron chi connectivity index (χ1n) is 7.66. The van der Waals surface area contributed by atoms with Crippen molar-refractivity contribution in [3.05, 3.63) is 34.1 Å². The maximum atomic E-state index is 14.3. The molecule has 0 heterocycles. The number of hydrogen-bond donors (Lipinski definition) is 0. The van der Waals surface area contributed by atoms with E-state index in [4.69, 9.17) is 37.5 Å². The summed E-state index contributed by atoms with van der Waals surface area (Å²) in [6.45, 7) is 6.27. The summed E-state index contributed by atoms with van der Waals surface area (Å²) in [5.41, 5.74) is 1.55. The Kier molecular flexibility index (Phi) is 9.57. The second kappa shape index (κ2) is 11.2. The van der Waals surface area contributed by atoms with E-state index in [0.29, 0.717) is 12.2 Å². The van der Waals surface area contributed by atoms with E-state index in [-0.39, 0.29) is 30.1 Å². The summed E-state index contributed by atoms with van der Waals surface area (Å²) in [7, 11) is 0. The first-order valence-corrected chi connectivity index (χ1v) is 8.42. The first kappa shape index (κ1) is 20.6. The standard InChI is InChI=1S/C17H22Cl2FNO3/c1-4-5-13-10-14(22-7-6-16(18)19)11-15(20)17(13)23-8-9-24-21-12(2)3/h6,10-11H,4-5,7-9H2,1-3H3. The molecule has 0 radical (unpaired) electrons. The van der Waals surface area contributed by atoms with Crippen LogP contribution in [0.15, 0.2) is 27.9 Å². The molecule has 134 valence electrons. The lowest BCUT2D eigenvalue weighted by Gasteiger charge is -2.14. The van der Waals surface area contributed by atoms with Crippen LogP contribution in [-0.2, 0) is 11.3 Å².